The van der Waals surface area contributed by atoms with Crippen molar-refractivity contribution in [2.75, 3.05) is 0 Å². The molecule has 0 aromatic carbocycles. The highest BCUT2D eigenvalue weighted by Gasteiger charge is 2.37. The lowest BCUT2D eigenvalue weighted by Crippen LogP contribution is -2.43. The summed E-state index contributed by atoms with van der Waals surface area (Å²) in [5.74, 6) is 0. The van der Waals surface area contributed by atoms with Crippen LogP contribution in [0, 0.1) is 5.41 Å². The van der Waals surface area contributed by atoms with E-state index in [4.69, 9.17) is 9.47 Å². The molecular formula is C11H19NO3. The van der Waals surface area contributed by atoms with E-state index in [0.29, 0.717) is 0 Å². The first-order valence-electron chi connectivity index (χ1n) is 5.13. The Bertz CT molecular complexity index is 265. The number of nitrogens with zero attached hydrogens (tertiary/aromatic N) is 1. The molecule has 0 radical (unpaired) electrons. The lowest BCUT2D eigenvalue weighted by atomic mass is 9.94. The standard InChI is InChI=1S/C11H19NO3/c1-8(2)15-10(13)12-6-7-14-9(12)11(3,4)5/h6-9H,1-5H3/t9-/m1/s1. The van der Waals surface area contributed by atoms with E-state index >= 15 is 0 Å². The predicted octanol–water partition coefficient (Wildman–Crippen LogP) is 2.71. The fourth-order valence-electron chi connectivity index (χ4n) is 1.36. The number of hydrogen-bond donors (Lipinski definition) is 0. The second-order valence-corrected chi connectivity index (χ2v) is 4.98. The molecule has 4 nitrogen and oxygen atoms in total. The summed E-state index contributed by atoms with van der Waals surface area (Å²) in [7, 11) is 0. The summed E-state index contributed by atoms with van der Waals surface area (Å²) in [5, 5.41) is 0. The van der Waals surface area contributed by atoms with E-state index in [0.717, 1.165) is 0 Å². The topological polar surface area (TPSA) is 38.8 Å². The fraction of sp³-hybridized carbons (Fsp3) is 0.727. The molecular weight excluding hydrogens is 194 g/mol. The number of carbonyl (C=O) groups is 1. The van der Waals surface area contributed by atoms with Crippen molar-refractivity contribution in [2.45, 2.75) is 47.0 Å². The third-order valence-electron chi connectivity index (χ3n) is 1.97. The molecule has 1 rings (SSSR count). The van der Waals surface area contributed by atoms with Crippen molar-refractivity contribution < 1.29 is 14.3 Å². The van der Waals surface area contributed by atoms with Crippen LogP contribution in [0.2, 0.25) is 0 Å². The zero-order chi connectivity index (χ0) is 11.6. The Morgan fingerprint density at radius 3 is 2.53 bits per heavy atom. The molecule has 0 saturated carbocycles. The summed E-state index contributed by atoms with van der Waals surface area (Å²) >= 11 is 0. The average Bonchev–Trinajstić information content (AvgIpc) is 2.48. The maximum atomic E-state index is 11.7. The highest BCUT2D eigenvalue weighted by molar-refractivity contribution is 5.69. The van der Waals surface area contributed by atoms with Crippen LogP contribution in [0.3, 0.4) is 0 Å². The summed E-state index contributed by atoms with van der Waals surface area (Å²) in [5.41, 5.74) is -0.139. The van der Waals surface area contributed by atoms with Crippen molar-refractivity contribution in [2.24, 2.45) is 5.41 Å². The van der Waals surface area contributed by atoms with Gasteiger partial charge in [0.25, 0.3) is 0 Å². The van der Waals surface area contributed by atoms with Gasteiger partial charge < -0.3 is 9.47 Å². The highest BCUT2D eigenvalue weighted by atomic mass is 16.6. The summed E-state index contributed by atoms with van der Waals surface area (Å²) in [6, 6.07) is 0. The van der Waals surface area contributed by atoms with Crippen LogP contribution in [0.15, 0.2) is 12.5 Å². The van der Waals surface area contributed by atoms with Crippen molar-refractivity contribution in [3.63, 3.8) is 0 Å². The largest absolute Gasteiger partial charge is 0.475 e. The SMILES string of the molecule is CC(C)OC(=O)N1C=CO[C@@H]1C(C)(C)C. The van der Waals surface area contributed by atoms with Gasteiger partial charge in [-0.3, -0.25) is 0 Å². The van der Waals surface area contributed by atoms with E-state index in [1.807, 2.05) is 34.6 Å². The monoisotopic (exact) mass is 213 g/mol. The fourth-order valence-corrected chi connectivity index (χ4v) is 1.36. The minimum Gasteiger partial charge on any atom is -0.475 e. The van der Waals surface area contributed by atoms with E-state index in [2.05, 4.69) is 0 Å². The molecule has 0 unspecified atom stereocenters. The van der Waals surface area contributed by atoms with Gasteiger partial charge in [0.1, 0.15) is 6.26 Å². The molecule has 0 bridgehead atoms. The Hall–Kier alpha value is -1.19. The van der Waals surface area contributed by atoms with Crippen molar-refractivity contribution in [3.8, 4) is 0 Å². The number of carbonyl (C=O) groups excluding carboxylic acids is 1. The van der Waals surface area contributed by atoms with Crippen LogP contribution < -0.4 is 0 Å². The number of hydrogen-bond acceptors (Lipinski definition) is 3. The summed E-state index contributed by atoms with van der Waals surface area (Å²) < 4.78 is 10.5. The van der Waals surface area contributed by atoms with E-state index in [-0.39, 0.29) is 23.8 Å². The van der Waals surface area contributed by atoms with Crippen LogP contribution in [-0.4, -0.2) is 23.3 Å². The zero-order valence-electron chi connectivity index (χ0n) is 9.98. The molecule has 1 aliphatic rings. The van der Waals surface area contributed by atoms with Crippen LogP contribution in [0.5, 0.6) is 0 Å². The van der Waals surface area contributed by atoms with E-state index in [1.165, 1.54) is 11.2 Å². The van der Waals surface area contributed by atoms with Crippen LogP contribution in [0.25, 0.3) is 0 Å². The number of ether oxygens (including phenoxy) is 2. The first-order chi connectivity index (χ1) is 6.82. The number of rotatable bonds is 1. The van der Waals surface area contributed by atoms with E-state index in [9.17, 15) is 4.79 Å². The molecule has 1 amide bonds. The Kier molecular flexibility index (Phi) is 3.27. The van der Waals surface area contributed by atoms with Gasteiger partial charge in [-0.2, -0.15) is 0 Å². The van der Waals surface area contributed by atoms with Gasteiger partial charge in [-0.15, -0.1) is 0 Å². The van der Waals surface area contributed by atoms with Crippen molar-refractivity contribution >= 4 is 6.09 Å². The molecule has 4 heteroatoms. The molecule has 0 aromatic heterocycles. The summed E-state index contributed by atoms with van der Waals surface area (Å²) in [6.45, 7) is 9.69. The lowest BCUT2D eigenvalue weighted by molar-refractivity contribution is -0.0311. The molecule has 15 heavy (non-hydrogen) atoms. The molecule has 1 aliphatic heterocycles. The van der Waals surface area contributed by atoms with Gasteiger partial charge in [-0.05, 0) is 13.8 Å². The molecule has 0 spiro atoms. The average molecular weight is 213 g/mol. The van der Waals surface area contributed by atoms with Crippen molar-refractivity contribution in [1.82, 2.24) is 4.90 Å². The third-order valence-corrected chi connectivity index (χ3v) is 1.97. The molecule has 0 aliphatic carbocycles. The minimum absolute atomic E-state index is 0.118. The van der Waals surface area contributed by atoms with Gasteiger partial charge in [0, 0.05) is 11.6 Å². The lowest BCUT2D eigenvalue weighted by Gasteiger charge is -2.32. The Labute approximate surface area is 90.8 Å². The first-order valence-corrected chi connectivity index (χ1v) is 5.13. The maximum absolute atomic E-state index is 11.7. The van der Waals surface area contributed by atoms with Crippen molar-refractivity contribution in [3.05, 3.63) is 12.5 Å². The molecule has 0 fully saturated rings. The van der Waals surface area contributed by atoms with Crippen LogP contribution >= 0.6 is 0 Å². The van der Waals surface area contributed by atoms with Crippen molar-refractivity contribution in [1.29, 1.82) is 0 Å². The highest BCUT2D eigenvalue weighted by Crippen LogP contribution is 2.29. The molecule has 0 N–H and O–H groups in total. The molecule has 86 valence electrons. The smallest absolute Gasteiger partial charge is 0.417 e. The van der Waals surface area contributed by atoms with Crippen LogP contribution in [0.1, 0.15) is 34.6 Å². The molecule has 0 saturated heterocycles. The van der Waals surface area contributed by atoms with Crippen LogP contribution in [0.4, 0.5) is 4.79 Å². The maximum Gasteiger partial charge on any atom is 0.417 e. The summed E-state index contributed by atoms with van der Waals surface area (Å²) in [6.07, 6.45) is 2.37. The number of amides is 1. The Balaban J connectivity index is 2.68. The second kappa shape index (κ2) is 4.13. The normalized spacial score (nSPS) is 20.7. The Morgan fingerprint density at radius 1 is 1.47 bits per heavy atom. The van der Waals surface area contributed by atoms with Gasteiger partial charge >= 0.3 is 6.09 Å². The van der Waals surface area contributed by atoms with Gasteiger partial charge in [-0.25, -0.2) is 9.69 Å². The molecule has 1 atom stereocenters. The first kappa shape index (κ1) is 11.9. The summed E-state index contributed by atoms with van der Waals surface area (Å²) in [4.78, 5) is 13.2. The predicted molar refractivity (Wildman–Crippen MR) is 56.9 cm³/mol. The van der Waals surface area contributed by atoms with Crippen LogP contribution in [-0.2, 0) is 9.47 Å². The quantitative estimate of drug-likeness (QED) is 0.672. The molecule has 0 aromatic rings. The Morgan fingerprint density at radius 2 is 2.07 bits per heavy atom. The van der Waals surface area contributed by atoms with Gasteiger partial charge in [-0.1, -0.05) is 20.8 Å². The van der Waals surface area contributed by atoms with Gasteiger partial charge in [0.05, 0.1) is 6.10 Å². The van der Waals surface area contributed by atoms with Gasteiger partial charge in [0.2, 0.25) is 0 Å². The van der Waals surface area contributed by atoms with E-state index in [1.54, 1.807) is 6.20 Å². The second-order valence-electron chi connectivity index (χ2n) is 4.98. The van der Waals surface area contributed by atoms with E-state index < -0.39 is 0 Å². The minimum atomic E-state index is -0.362. The van der Waals surface area contributed by atoms with Gasteiger partial charge in [0.15, 0.2) is 6.23 Å². The zero-order valence-corrected chi connectivity index (χ0v) is 9.98. The molecule has 1 heterocycles. The third kappa shape index (κ3) is 2.88.